The maximum Gasteiger partial charge on any atom is 0.239 e. The van der Waals surface area contributed by atoms with Crippen molar-refractivity contribution in [2.24, 2.45) is 0 Å². The van der Waals surface area contributed by atoms with Crippen LogP contribution in [0.2, 0.25) is 0 Å². The molecule has 172 valence electrons. The minimum Gasteiger partial charge on any atom is -0.443 e. The van der Waals surface area contributed by atoms with Gasteiger partial charge in [0.2, 0.25) is 12.2 Å². The van der Waals surface area contributed by atoms with Gasteiger partial charge in [-0.3, -0.25) is 4.68 Å². The minimum atomic E-state index is -1.55. The Balaban J connectivity index is 1.93. The van der Waals surface area contributed by atoms with Crippen molar-refractivity contribution in [1.82, 2.24) is 9.78 Å². The van der Waals surface area contributed by atoms with Crippen LogP contribution in [0.3, 0.4) is 0 Å². The molecule has 2 aromatic rings. The van der Waals surface area contributed by atoms with Crippen molar-refractivity contribution >= 4 is 0 Å². The van der Waals surface area contributed by atoms with Crippen LogP contribution in [0.25, 0.3) is 0 Å². The average Bonchev–Trinajstić information content (AvgIpc) is 3.04. The second kappa shape index (κ2) is 9.62. The van der Waals surface area contributed by atoms with Gasteiger partial charge in [0.05, 0.1) is 6.61 Å². The van der Waals surface area contributed by atoms with E-state index in [1.165, 1.54) is 6.07 Å². The summed E-state index contributed by atoms with van der Waals surface area (Å²) in [7, 11) is 0. The van der Waals surface area contributed by atoms with Crippen LogP contribution in [0.1, 0.15) is 49.2 Å². The molecular formula is C22H31FN2O6. The van der Waals surface area contributed by atoms with Gasteiger partial charge in [-0.05, 0) is 44.4 Å². The molecule has 9 heteroatoms. The number of hydrogen-bond donors (Lipinski definition) is 4. The molecule has 0 saturated carbocycles. The average molecular weight is 438 g/mol. The highest BCUT2D eigenvalue weighted by atomic mass is 19.1. The molecule has 1 saturated heterocycles. The Bertz CT molecular complexity index is 900. The van der Waals surface area contributed by atoms with Crippen LogP contribution in [0.5, 0.6) is 5.88 Å². The number of aliphatic hydroxyl groups is 4. The van der Waals surface area contributed by atoms with Crippen molar-refractivity contribution in [2.75, 3.05) is 6.61 Å². The van der Waals surface area contributed by atoms with Crippen molar-refractivity contribution in [3.8, 4) is 5.88 Å². The minimum absolute atomic E-state index is 0.0186. The fraction of sp³-hybridized carbons (Fsp3) is 0.591. The number of aliphatic hydroxyl groups excluding tert-OH is 4. The van der Waals surface area contributed by atoms with E-state index in [4.69, 9.17) is 9.47 Å². The Hall–Kier alpha value is -2.04. The van der Waals surface area contributed by atoms with Gasteiger partial charge in [0.25, 0.3) is 0 Å². The number of halogens is 1. The summed E-state index contributed by atoms with van der Waals surface area (Å²) in [6.45, 7) is 7.12. The van der Waals surface area contributed by atoms with Gasteiger partial charge >= 0.3 is 0 Å². The number of hydrogen-bond acceptors (Lipinski definition) is 7. The quantitative estimate of drug-likeness (QED) is 0.514. The Labute approximate surface area is 180 Å². The summed E-state index contributed by atoms with van der Waals surface area (Å²) in [4.78, 5) is 0. The molecule has 1 aliphatic heterocycles. The van der Waals surface area contributed by atoms with Crippen LogP contribution < -0.4 is 4.74 Å². The topological polar surface area (TPSA) is 117 Å². The van der Waals surface area contributed by atoms with E-state index < -0.39 is 37.3 Å². The second-order valence-electron chi connectivity index (χ2n) is 8.18. The standard InChI is InChI=1S/C22H31FN2O6/c1-5-14-7-6-13(9-16(14)23)8-15-12(4)25(11(2)3)24-21(15)31-22-20(29)19(28)18(27)17(10-26)30-22/h6-7,9,11,17-20,22,26-29H,5,8,10H2,1-4H3/t17-,18-,19+,20-,22-/m1/s1. The first-order valence-corrected chi connectivity index (χ1v) is 10.5. The van der Waals surface area contributed by atoms with Gasteiger partial charge in [0.1, 0.15) is 30.2 Å². The van der Waals surface area contributed by atoms with Crippen LogP contribution in [-0.2, 0) is 17.6 Å². The molecule has 0 bridgehead atoms. The van der Waals surface area contributed by atoms with Crippen LogP contribution in [0.4, 0.5) is 4.39 Å². The van der Waals surface area contributed by atoms with Crippen molar-refractivity contribution in [1.29, 1.82) is 0 Å². The molecule has 1 aromatic heterocycles. The molecule has 8 nitrogen and oxygen atoms in total. The van der Waals surface area contributed by atoms with E-state index in [-0.39, 0.29) is 17.7 Å². The molecule has 31 heavy (non-hydrogen) atoms. The lowest BCUT2D eigenvalue weighted by Gasteiger charge is -2.39. The Morgan fingerprint density at radius 2 is 1.90 bits per heavy atom. The molecule has 1 fully saturated rings. The highest BCUT2D eigenvalue weighted by Gasteiger charge is 2.45. The molecule has 3 rings (SSSR count). The SMILES string of the molecule is CCc1ccc(Cc2c(O[C@H]3O[C@H](CO)[C@@H](O)[C@H](O)[C@H]3O)nn(C(C)C)c2C)cc1F. The van der Waals surface area contributed by atoms with Gasteiger partial charge in [-0.2, -0.15) is 0 Å². The van der Waals surface area contributed by atoms with Crippen molar-refractivity contribution in [2.45, 2.75) is 77.3 Å². The Morgan fingerprint density at radius 3 is 2.48 bits per heavy atom. The number of aryl methyl sites for hydroxylation is 1. The number of aromatic nitrogens is 2. The van der Waals surface area contributed by atoms with E-state index in [2.05, 4.69) is 5.10 Å². The normalized spacial score (nSPS) is 26.5. The monoisotopic (exact) mass is 438 g/mol. The highest BCUT2D eigenvalue weighted by molar-refractivity contribution is 5.38. The van der Waals surface area contributed by atoms with Gasteiger partial charge in [0.15, 0.2) is 0 Å². The first-order chi connectivity index (χ1) is 14.7. The van der Waals surface area contributed by atoms with E-state index >= 15 is 0 Å². The fourth-order valence-corrected chi connectivity index (χ4v) is 3.79. The second-order valence-corrected chi connectivity index (χ2v) is 8.18. The molecule has 0 amide bonds. The fourth-order valence-electron chi connectivity index (χ4n) is 3.79. The largest absolute Gasteiger partial charge is 0.443 e. The maximum atomic E-state index is 14.3. The molecule has 0 unspecified atom stereocenters. The lowest BCUT2D eigenvalue weighted by atomic mass is 9.99. The third-order valence-electron chi connectivity index (χ3n) is 5.68. The van der Waals surface area contributed by atoms with Gasteiger partial charge in [-0.1, -0.05) is 19.1 Å². The maximum absolute atomic E-state index is 14.3. The number of nitrogens with zero attached hydrogens (tertiary/aromatic N) is 2. The summed E-state index contributed by atoms with van der Waals surface area (Å²) >= 11 is 0. The lowest BCUT2D eigenvalue weighted by Crippen LogP contribution is -2.60. The zero-order valence-corrected chi connectivity index (χ0v) is 18.2. The third-order valence-corrected chi connectivity index (χ3v) is 5.68. The van der Waals surface area contributed by atoms with Gasteiger partial charge in [-0.25, -0.2) is 4.39 Å². The third kappa shape index (κ3) is 4.75. The molecule has 0 spiro atoms. The predicted molar refractivity (Wildman–Crippen MR) is 110 cm³/mol. The molecule has 1 aliphatic rings. The zero-order chi connectivity index (χ0) is 22.9. The lowest BCUT2D eigenvalue weighted by molar-refractivity contribution is -0.278. The Morgan fingerprint density at radius 1 is 1.19 bits per heavy atom. The van der Waals surface area contributed by atoms with E-state index in [1.54, 1.807) is 10.7 Å². The predicted octanol–water partition coefficient (Wildman–Crippen LogP) is 1.24. The summed E-state index contributed by atoms with van der Waals surface area (Å²) in [5.74, 6) is -0.0965. The first-order valence-electron chi connectivity index (χ1n) is 10.5. The molecular weight excluding hydrogens is 407 g/mol. The molecule has 2 heterocycles. The summed E-state index contributed by atoms with van der Waals surface area (Å²) < 4.78 is 27.3. The van der Waals surface area contributed by atoms with Gasteiger partial charge < -0.3 is 29.9 Å². The van der Waals surface area contributed by atoms with Gasteiger partial charge in [-0.15, -0.1) is 5.10 Å². The zero-order valence-electron chi connectivity index (χ0n) is 18.2. The van der Waals surface area contributed by atoms with Crippen LogP contribution in [0.15, 0.2) is 18.2 Å². The van der Waals surface area contributed by atoms with Crippen LogP contribution in [-0.4, -0.2) is 67.5 Å². The van der Waals surface area contributed by atoms with Crippen molar-refractivity contribution < 1.29 is 34.3 Å². The molecule has 0 radical (unpaired) electrons. The van der Waals surface area contributed by atoms with Gasteiger partial charge in [0, 0.05) is 23.7 Å². The Kier molecular flexibility index (Phi) is 7.33. The molecule has 0 aliphatic carbocycles. The smallest absolute Gasteiger partial charge is 0.239 e. The summed E-state index contributed by atoms with van der Waals surface area (Å²) in [6, 6.07) is 5.12. The van der Waals surface area contributed by atoms with E-state index in [1.807, 2.05) is 33.8 Å². The van der Waals surface area contributed by atoms with E-state index in [0.29, 0.717) is 24.0 Å². The van der Waals surface area contributed by atoms with Crippen molar-refractivity contribution in [3.05, 3.63) is 46.4 Å². The highest BCUT2D eigenvalue weighted by Crippen LogP contribution is 2.31. The molecule has 1 aromatic carbocycles. The number of rotatable bonds is 7. The van der Waals surface area contributed by atoms with E-state index in [9.17, 15) is 24.8 Å². The first kappa shape index (κ1) is 23.6. The molecule has 4 N–H and O–H groups in total. The summed E-state index contributed by atoms with van der Waals surface area (Å²) in [6.07, 6.45) is -6.07. The van der Waals surface area contributed by atoms with Crippen molar-refractivity contribution in [3.63, 3.8) is 0 Å². The van der Waals surface area contributed by atoms with Crippen LogP contribution >= 0.6 is 0 Å². The number of benzene rings is 1. The summed E-state index contributed by atoms with van der Waals surface area (Å²) in [5.41, 5.74) is 2.87. The van der Waals surface area contributed by atoms with Crippen LogP contribution in [0, 0.1) is 12.7 Å². The number of ether oxygens (including phenoxy) is 2. The van der Waals surface area contributed by atoms with E-state index in [0.717, 1.165) is 11.3 Å². The summed E-state index contributed by atoms with van der Waals surface area (Å²) in [5, 5.41) is 44.2. The molecule has 5 atom stereocenters.